The summed E-state index contributed by atoms with van der Waals surface area (Å²) in [5.41, 5.74) is 5.02. The third-order valence-corrected chi connectivity index (χ3v) is 5.70. The maximum absolute atomic E-state index is 13.1. The molecule has 2 rings (SSSR count). The standard InChI is InChI=1S/C21H28N2O3S/c1-7-19(21(24)22-20-16(4)9-8-10-17(20)5)23(27(6,25)26)18-12-14(2)11-15(3)13-18/h8-13,19H,7H2,1-6H3,(H,22,24)/t19-/m1/s1. The molecule has 1 N–H and O–H groups in total. The van der Waals surface area contributed by atoms with Crippen LogP contribution in [0.4, 0.5) is 11.4 Å². The Hall–Kier alpha value is -2.34. The van der Waals surface area contributed by atoms with Crippen LogP contribution in [0.15, 0.2) is 36.4 Å². The lowest BCUT2D eigenvalue weighted by Crippen LogP contribution is -2.47. The Balaban J connectivity index is 2.48. The second-order valence-electron chi connectivity index (χ2n) is 7.08. The number of rotatable bonds is 6. The Morgan fingerprint density at radius 1 is 1.04 bits per heavy atom. The van der Waals surface area contributed by atoms with E-state index in [2.05, 4.69) is 5.32 Å². The predicted octanol–water partition coefficient (Wildman–Crippen LogP) is 4.10. The van der Waals surface area contributed by atoms with E-state index in [1.807, 2.05) is 58.9 Å². The molecule has 0 aliphatic rings. The van der Waals surface area contributed by atoms with Gasteiger partial charge in [-0.05, 0) is 68.5 Å². The first-order valence-corrected chi connectivity index (χ1v) is 10.8. The molecular weight excluding hydrogens is 360 g/mol. The number of nitrogens with one attached hydrogen (secondary N) is 1. The number of sulfonamides is 1. The van der Waals surface area contributed by atoms with Crippen LogP contribution in [-0.2, 0) is 14.8 Å². The van der Waals surface area contributed by atoms with Crippen LogP contribution >= 0.6 is 0 Å². The highest BCUT2D eigenvalue weighted by Crippen LogP contribution is 2.27. The molecule has 0 saturated heterocycles. The van der Waals surface area contributed by atoms with Crippen LogP contribution in [0.5, 0.6) is 0 Å². The second-order valence-corrected chi connectivity index (χ2v) is 8.94. The van der Waals surface area contributed by atoms with E-state index in [4.69, 9.17) is 0 Å². The minimum Gasteiger partial charge on any atom is -0.324 e. The SMILES string of the molecule is CC[C@H](C(=O)Nc1c(C)cccc1C)N(c1cc(C)cc(C)c1)S(C)(=O)=O. The van der Waals surface area contributed by atoms with E-state index in [1.54, 1.807) is 12.1 Å². The van der Waals surface area contributed by atoms with Gasteiger partial charge in [-0.15, -0.1) is 0 Å². The molecule has 5 nitrogen and oxygen atoms in total. The topological polar surface area (TPSA) is 66.5 Å². The van der Waals surface area contributed by atoms with E-state index in [0.29, 0.717) is 12.1 Å². The fourth-order valence-corrected chi connectivity index (χ4v) is 4.55. The summed E-state index contributed by atoms with van der Waals surface area (Å²) in [5, 5.41) is 2.94. The number of hydrogen-bond acceptors (Lipinski definition) is 3. The summed E-state index contributed by atoms with van der Waals surface area (Å²) in [5.74, 6) is -0.334. The number of anilines is 2. The van der Waals surface area contributed by atoms with Crippen molar-refractivity contribution in [3.05, 3.63) is 58.7 Å². The zero-order valence-corrected chi connectivity index (χ0v) is 17.6. The summed E-state index contributed by atoms with van der Waals surface area (Å²) < 4.78 is 26.4. The highest BCUT2D eigenvalue weighted by Gasteiger charge is 2.32. The zero-order chi connectivity index (χ0) is 20.4. The molecule has 0 spiro atoms. The van der Waals surface area contributed by atoms with Crippen molar-refractivity contribution >= 4 is 27.3 Å². The quantitative estimate of drug-likeness (QED) is 0.810. The summed E-state index contributed by atoms with van der Waals surface area (Å²) >= 11 is 0. The molecule has 27 heavy (non-hydrogen) atoms. The molecule has 1 atom stereocenters. The molecule has 2 aromatic rings. The fourth-order valence-electron chi connectivity index (χ4n) is 3.36. The summed E-state index contributed by atoms with van der Waals surface area (Å²) in [6, 6.07) is 10.5. The van der Waals surface area contributed by atoms with Crippen molar-refractivity contribution in [2.75, 3.05) is 15.9 Å². The molecule has 0 bridgehead atoms. The Morgan fingerprint density at radius 3 is 2.00 bits per heavy atom. The van der Waals surface area contributed by atoms with Crippen LogP contribution in [0.2, 0.25) is 0 Å². The third kappa shape index (κ3) is 4.89. The maximum Gasteiger partial charge on any atom is 0.248 e. The molecule has 0 saturated carbocycles. The molecule has 2 aromatic carbocycles. The first kappa shape index (κ1) is 21.0. The molecular formula is C21H28N2O3S. The number of amides is 1. The number of aryl methyl sites for hydroxylation is 4. The molecule has 0 radical (unpaired) electrons. The molecule has 0 unspecified atom stereocenters. The first-order chi connectivity index (χ1) is 12.5. The molecule has 1 amide bonds. The molecule has 6 heteroatoms. The lowest BCUT2D eigenvalue weighted by Gasteiger charge is -2.31. The highest BCUT2D eigenvalue weighted by molar-refractivity contribution is 7.92. The summed E-state index contributed by atoms with van der Waals surface area (Å²) in [7, 11) is -3.65. The van der Waals surface area contributed by atoms with Crippen molar-refractivity contribution < 1.29 is 13.2 Å². The van der Waals surface area contributed by atoms with Crippen molar-refractivity contribution in [2.45, 2.75) is 47.1 Å². The van der Waals surface area contributed by atoms with Crippen molar-refractivity contribution in [1.29, 1.82) is 0 Å². The van der Waals surface area contributed by atoms with Crippen molar-refractivity contribution in [2.24, 2.45) is 0 Å². The minimum atomic E-state index is -3.65. The Morgan fingerprint density at radius 2 is 1.56 bits per heavy atom. The number of benzene rings is 2. The number of carbonyl (C=O) groups is 1. The van der Waals surface area contributed by atoms with Gasteiger partial charge in [0.15, 0.2) is 0 Å². The van der Waals surface area contributed by atoms with Gasteiger partial charge >= 0.3 is 0 Å². The van der Waals surface area contributed by atoms with E-state index in [1.165, 1.54) is 4.31 Å². The van der Waals surface area contributed by atoms with E-state index in [0.717, 1.165) is 34.2 Å². The van der Waals surface area contributed by atoms with Gasteiger partial charge in [0.1, 0.15) is 6.04 Å². The van der Waals surface area contributed by atoms with Crippen LogP contribution in [0.3, 0.4) is 0 Å². The summed E-state index contributed by atoms with van der Waals surface area (Å²) in [6.45, 7) is 9.47. The molecule has 0 fully saturated rings. The van der Waals surface area contributed by atoms with Gasteiger partial charge < -0.3 is 5.32 Å². The van der Waals surface area contributed by atoms with Gasteiger partial charge in [0.05, 0.1) is 11.9 Å². The lowest BCUT2D eigenvalue weighted by molar-refractivity contribution is -0.117. The van der Waals surface area contributed by atoms with Gasteiger partial charge in [0.25, 0.3) is 0 Å². The van der Waals surface area contributed by atoms with Gasteiger partial charge in [0.2, 0.25) is 15.9 Å². The normalized spacial score (nSPS) is 12.5. The van der Waals surface area contributed by atoms with Crippen molar-refractivity contribution in [3.63, 3.8) is 0 Å². The number of nitrogens with zero attached hydrogens (tertiary/aromatic N) is 1. The maximum atomic E-state index is 13.1. The molecule has 0 aromatic heterocycles. The highest BCUT2D eigenvalue weighted by atomic mass is 32.2. The van der Waals surface area contributed by atoms with E-state index in [-0.39, 0.29) is 5.91 Å². The van der Waals surface area contributed by atoms with Crippen LogP contribution in [0.25, 0.3) is 0 Å². The first-order valence-electron chi connectivity index (χ1n) is 8.99. The summed E-state index contributed by atoms with van der Waals surface area (Å²) in [6.07, 6.45) is 1.50. The molecule has 0 heterocycles. The Kier molecular flexibility index (Phi) is 6.31. The molecule has 0 aliphatic carbocycles. The van der Waals surface area contributed by atoms with Crippen molar-refractivity contribution in [3.8, 4) is 0 Å². The average molecular weight is 389 g/mol. The molecule has 146 valence electrons. The largest absolute Gasteiger partial charge is 0.324 e. The van der Waals surface area contributed by atoms with E-state index in [9.17, 15) is 13.2 Å². The average Bonchev–Trinajstić information content (AvgIpc) is 2.53. The molecule has 0 aliphatic heterocycles. The van der Waals surface area contributed by atoms with E-state index < -0.39 is 16.1 Å². The van der Waals surface area contributed by atoms with Gasteiger partial charge in [-0.25, -0.2) is 8.42 Å². The monoisotopic (exact) mass is 388 g/mol. The van der Waals surface area contributed by atoms with Gasteiger partial charge in [-0.3, -0.25) is 9.10 Å². The van der Waals surface area contributed by atoms with Crippen LogP contribution in [0.1, 0.15) is 35.6 Å². The lowest BCUT2D eigenvalue weighted by atomic mass is 10.1. The second kappa shape index (κ2) is 8.13. The van der Waals surface area contributed by atoms with Crippen LogP contribution < -0.4 is 9.62 Å². The number of hydrogen-bond donors (Lipinski definition) is 1. The predicted molar refractivity (Wildman–Crippen MR) is 112 cm³/mol. The Labute approximate surface area is 162 Å². The minimum absolute atomic E-state index is 0.334. The third-order valence-electron chi connectivity index (χ3n) is 4.52. The van der Waals surface area contributed by atoms with Crippen LogP contribution in [-0.4, -0.2) is 26.6 Å². The van der Waals surface area contributed by atoms with Crippen LogP contribution in [0, 0.1) is 27.7 Å². The number of para-hydroxylation sites is 1. The van der Waals surface area contributed by atoms with E-state index >= 15 is 0 Å². The number of carbonyl (C=O) groups excluding carboxylic acids is 1. The van der Waals surface area contributed by atoms with Gasteiger partial charge in [-0.1, -0.05) is 31.2 Å². The van der Waals surface area contributed by atoms with Gasteiger partial charge in [0, 0.05) is 5.69 Å². The Bertz CT molecular complexity index is 911. The van der Waals surface area contributed by atoms with Gasteiger partial charge in [-0.2, -0.15) is 0 Å². The summed E-state index contributed by atoms with van der Waals surface area (Å²) in [4.78, 5) is 13.1. The smallest absolute Gasteiger partial charge is 0.248 e. The zero-order valence-electron chi connectivity index (χ0n) is 16.8. The fraction of sp³-hybridized carbons (Fsp3) is 0.381. The van der Waals surface area contributed by atoms with Crippen molar-refractivity contribution in [1.82, 2.24) is 0 Å².